The van der Waals surface area contributed by atoms with E-state index in [0.717, 1.165) is 13.1 Å². The average Bonchev–Trinajstić information content (AvgIpc) is 1.85. The standard InChI is InChI=1S/C7H15NO2/c1-6-3-8(2)4-7(5-9)10-6/h6-7,9H,3-5H2,1-2H3. The molecule has 0 spiro atoms. The first-order chi connectivity index (χ1) is 4.72. The first-order valence-electron chi connectivity index (χ1n) is 3.67. The van der Waals surface area contributed by atoms with Crippen molar-refractivity contribution in [1.82, 2.24) is 4.90 Å². The van der Waals surface area contributed by atoms with Gasteiger partial charge in [-0.1, -0.05) is 0 Å². The van der Waals surface area contributed by atoms with E-state index in [0.29, 0.717) is 0 Å². The Hall–Kier alpha value is -0.120. The summed E-state index contributed by atoms with van der Waals surface area (Å²) in [4.78, 5) is 2.18. The summed E-state index contributed by atoms with van der Waals surface area (Å²) in [6, 6.07) is 0. The lowest BCUT2D eigenvalue weighted by molar-refractivity contribution is -0.0887. The molecule has 3 heteroatoms. The fourth-order valence-corrected chi connectivity index (χ4v) is 1.38. The molecule has 10 heavy (non-hydrogen) atoms. The van der Waals surface area contributed by atoms with Crippen LogP contribution in [-0.2, 0) is 4.74 Å². The van der Waals surface area contributed by atoms with Crippen LogP contribution in [0.5, 0.6) is 0 Å². The first kappa shape index (κ1) is 7.98. The van der Waals surface area contributed by atoms with Gasteiger partial charge in [-0.05, 0) is 14.0 Å². The topological polar surface area (TPSA) is 32.7 Å². The highest BCUT2D eigenvalue weighted by Gasteiger charge is 2.21. The largest absolute Gasteiger partial charge is 0.394 e. The van der Waals surface area contributed by atoms with Gasteiger partial charge >= 0.3 is 0 Å². The van der Waals surface area contributed by atoms with Gasteiger partial charge in [-0.3, -0.25) is 0 Å². The van der Waals surface area contributed by atoms with E-state index in [-0.39, 0.29) is 18.8 Å². The molecule has 1 aliphatic heterocycles. The van der Waals surface area contributed by atoms with Crippen LogP contribution in [0.4, 0.5) is 0 Å². The molecule has 0 aliphatic carbocycles. The molecule has 1 fully saturated rings. The third kappa shape index (κ3) is 1.94. The van der Waals surface area contributed by atoms with Crippen molar-refractivity contribution in [2.24, 2.45) is 0 Å². The number of hydrogen-bond acceptors (Lipinski definition) is 3. The van der Waals surface area contributed by atoms with E-state index in [1.807, 2.05) is 14.0 Å². The Bertz CT molecular complexity index is 97.8. The molecule has 0 bridgehead atoms. The molecule has 2 atom stereocenters. The predicted molar refractivity (Wildman–Crippen MR) is 38.9 cm³/mol. The van der Waals surface area contributed by atoms with Crippen LogP contribution in [-0.4, -0.2) is 49.0 Å². The highest BCUT2D eigenvalue weighted by Crippen LogP contribution is 2.07. The number of hydrogen-bond donors (Lipinski definition) is 1. The minimum Gasteiger partial charge on any atom is -0.394 e. The van der Waals surface area contributed by atoms with Crippen LogP contribution >= 0.6 is 0 Å². The highest BCUT2D eigenvalue weighted by molar-refractivity contribution is 4.72. The lowest BCUT2D eigenvalue weighted by Gasteiger charge is -2.33. The highest BCUT2D eigenvalue weighted by atomic mass is 16.5. The Morgan fingerprint density at radius 1 is 1.60 bits per heavy atom. The molecule has 3 nitrogen and oxygen atoms in total. The van der Waals surface area contributed by atoms with Crippen molar-refractivity contribution in [3.8, 4) is 0 Å². The molecule has 0 saturated carbocycles. The summed E-state index contributed by atoms with van der Waals surface area (Å²) in [6.45, 7) is 3.98. The number of aliphatic hydroxyl groups is 1. The number of aliphatic hydroxyl groups excluding tert-OH is 1. The number of nitrogens with zero attached hydrogens (tertiary/aromatic N) is 1. The van der Waals surface area contributed by atoms with E-state index in [2.05, 4.69) is 4.90 Å². The van der Waals surface area contributed by atoms with E-state index < -0.39 is 0 Å². The molecule has 0 radical (unpaired) electrons. The summed E-state index contributed by atoms with van der Waals surface area (Å²) in [5.74, 6) is 0. The van der Waals surface area contributed by atoms with E-state index in [1.165, 1.54) is 0 Å². The van der Waals surface area contributed by atoms with Crippen LogP contribution in [0.25, 0.3) is 0 Å². The fraction of sp³-hybridized carbons (Fsp3) is 1.00. The SMILES string of the molecule is CC1CN(C)CC(CO)O1. The summed E-state index contributed by atoms with van der Waals surface area (Å²) >= 11 is 0. The number of likely N-dealkylation sites (N-methyl/N-ethyl adjacent to an activating group) is 1. The van der Waals surface area contributed by atoms with E-state index in [4.69, 9.17) is 9.84 Å². The molecule has 1 N–H and O–H groups in total. The number of rotatable bonds is 1. The maximum Gasteiger partial charge on any atom is 0.0936 e. The second kappa shape index (κ2) is 3.32. The maximum absolute atomic E-state index is 8.77. The minimum atomic E-state index is 0.0220. The normalized spacial score (nSPS) is 36.3. The fourth-order valence-electron chi connectivity index (χ4n) is 1.38. The van der Waals surface area contributed by atoms with Gasteiger partial charge in [0, 0.05) is 13.1 Å². The van der Waals surface area contributed by atoms with Crippen LogP contribution in [0.15, 0.2) is 0 Å². The van der Waals surface area contributed by atoms with Crippen molar-refractivity contribution in [1.29, 1.82) is 0 Å². The Labute approximate surface area is 61.6 Å². The molecule has 1 saturated heterocycles. The monoisotopic (exact) mass is 145 g/mol. The molecule has 0 aromatic carbocycles. The molecule has 60 valence electrons. The summed E-state index contributed by atoms with van der Waals surface area (Å²) in [6.07, 6.45) is 0.282. The predicted octanol–water partition coefficient (Wildman–Crippen LogP) is -0.302. The molecular formula is C7H15NO2. The van der Waals surface area contributed by atoms with Gasteiger partial charge in [-0.2, -0.15) is 0 Å². The molecule has 0 amide bonds. The molecular weight excluding hydrogens is 130 g/mol. The van der Waals surface area contributed by atoms with Gasteiger partial charge in [0.15, 0.2) is 0 Å². The van der Waals surface area contributed by atoms with E-state index >= 15 is 0 Å². The van der Waals surface area contributed by atoms with Gasteiger partial charge in [-0.15, -0.1) is 0 Å². The number of morpholine rings is 1. The van der Waals surface area contributed by atoms with Gasteiger partial charge in [0.2, 0.25) is 0 Å². The summed E-state index contributed by atoms with van der Waals surface area (Å²) in [7, 11) is 2.04. The van der Waals surface area contributed by atoms with Gasteiger partial charge in [-0.25, -0.2) is 0 Å². The van der Waals surface area contributed by atoms with Crippen LogP contribution in [0, 0.1) is 0 Å². The third-order valence-corrected chi connectivity index (χ3v) is 1.71. The van der Waals surface area contributed by atoms with Crippen molar-refractivity contribution >= 4 is 0 Å². The van der Waals surface area contributed by atoms with Gasteiger partial charge in [0.05, 0.1) is 18.8 Å². The third-order valence-electron chi connectivity index (χ3n) is 1.71. The molecule has 0 aromatic heterocycles. The van der Waals surface area contributed by atoms with Gasteiger partial charge in [0.25, 0.3) is 0 Å². The molecule has 2 unspecified atom stereocenters. The molecule has 0 aromatic rings. The Morgan fingerprint density at radius 2 is 2.30 bits per heavy atom. The van der Waals surface area contributed by atoms with Crippen LogP contribution in [0.3, 0.4) is 0 Å². The minimum absolute atomic E-state index is 0.0220. The zero-order chi connectivity index (χ0) is 7.56. The lowest BCUT2D eigenvalue weighted by atomic mass is 10.2. The van der Waals surface area contributed by atoms with Crippen molar-refractivity contribution in [3.05, 3.63) is 0 Å². The Balaban J connectivity index is 2.35. The smallest absolute Gasteiger partial charge is 0.0936 e. The van der Waals surface area contributed by atoms with Crippen LogP contribution in [0.2, 0.25) is 0 Å². The van der Waals surface area contributed by atoms with Crippen LogP contribution < -0.4 is 0 Å². The molecule has 1 rings (SSSR count). The maximum atomic E-state index is 8.77. The summed E-state index contributed by atoms with van der Waals surface area (Å²) < 4.78 is 5.41. The van der Waals surface area contributed by atoms with Crippen molar-refractivity contribution in [2.75, 3.05) is 26.7 Å². The average molecular weight is 145 g/mol. The van der Waals surface area contributed by atoms with Crippen LogP contribution in [0.1, 0.15) is 6.92 Å². The van der Waals surface area contributed by atoms with Crippen molar-refractivity contribution in [3.63, 3.8) is 0 Å². The van der Waals surface area contributed by atoms with Crippen molar-refractivity contribution in [2.45, 2.75) is 19.1 Å². The first-order valence-corrected chi connectivity index (χ1v) is 3.67. The van der Waals surface area contributed by atoms with E-state index in [9.17, 15) is 0 Å². The van der Waals surface area contributed by atoms with E-state index in [1.54, 1.807) is 0 Å². The van der Waals surface area contributed by atoms with Gasteiger partial charge < -0.3 is 14.7 Å². The second-order valence-electron chi connectivity index (χ2n) is 2.97. The number of ether oxygens (including phenoxy) is 1. The zero-order valence-electron chi connectivity index (χ0n) is 6.58. The molecule has 1 aliphatic rings. The summed E-state index contributed by atoms with van der Waals surface area (Å²) in [5, 5.41) is 8.77. The Kier molecular flexibility index (Phi) is 2.65. The zero-order valence-corrected chi connectivity index (χ0v) is 6.58. The Morgan fingerprint density at radius 3 is 2.80 bits per heavy atom. The van der Waals surface area contributed by atoms with Gasteiger partial charge in [0.1, 0.15) is 0 Å². The lowest BCUT2D eigenvalue weighted by Crippen LogP contribution is -2.45. The summed E-state index contributed by atoms with van der Waals surface area (Å²) in [5.41, 5.74) is 0. The van der Waals surface area contributed by atoms with Crippen molar-refractivity contribution < 1.29 is 9.84 Å². The quantitative estimate of drug-likeness (QED) is 0.550. The molecule has 1 heterocycles. The second-order valence-corrected chi connectivity index (χ2v) is 2.97.